The first kappa shape index (κ1) is 23.0. The van der Waals surface area contributed by atoms with Gasteiger partial charge in [-0.2, -0.15) is 0 Å². The Hall–Kier alpha value is -2.70. The van der Waals surface area contributed by atoms with E-state index in [1.54, 1.807) is 14.2 Å². The Morgan fingerprint density at radius 2 is 2.03 bits per heavy atom. The number of nitrogens with zero attached hydrogens (tertiary/aromatic N) is 4. The van der Waals surface area contributed by atoms with Crippen LogP contribution in [0.25, 0.3) is 0 Å². The first-order valence-corrected chi connectivity index (χ1v) is 11.1. The van der Waals surface area contributed by atoms with Crippen LogP contribution in [-0.4, -0.2) is 60.8 Å². The maximum absolute atomic E-state index is 5.50. The minimum atomic E-state index is -0.146. The van der Waals surface area contributed by atoms with E-state index in [4.69, 9.17) is 14.5 Å². The lowest BCUT2D eigenvalue weighted by Crippen LogP contribution is -2.49. The summed E-state index contributed by atoms with van der Waals surface area (Å²) in [6.45, 7) is 12.3. The Morgan fingerprint density at radius 3 is 2.68 bits per heavy atom. The van der Waals surface area contributed by atoms with E-state index < -0.39 is 0 Å². The van der Waals surface area contributed by atoms with Gasteiger partial charge in [0.05, 0.1) is 33.1 Å². The fourth-order valence-corrected chi connectivity index (χ4v) is 4.14. The standard InChI is InChI=1S/C24H37N5O2/c1-7-26-23(28-12-10-18(2)20(15-28)29-13-11-25-17-29)27-16-24(3,4)19-8-9-21(30-5)22(14-19)31-6/h8-9,11,13-14,17-18,20H,7,10,12,15-16H2,1-6H3,(H,26,27). The molecule has 2 heterocycles. The molecule has 1 N–H and O–H groups in total. The summed E-state index contributed by atoms with van der Waals surface area (Å²) in [5.74, 6) is 3.08. The van der Waals surface area contributed by atoms with Crippen molar-refractivity contribution in [2.75, 3.05) is 40.4 Å². The number of likely N-dealkylation sites (tertiary alicyclic amines) is 1. The molecular formula is C24H37N5O2. The normalized spacial score (nSPS) is 19.9. The van der Waals surface area contributed by atoms with Crippen molar-refractivity contribution in [3.05, 3.63) is 42.5 Å². The lowest BCUT2D eigenvalue weighted by Gasteiger charge is -2.39. The van der Waals surface area contributed by atoms with Gasteiger partial charge < -0.3 is 24.3 Å². The lowest BCUT2D eigenvalue weighted by molar-refractivity contribution is 0.188. The SMILES string of the molecule is CCNC(=NCC(C)(C)c1ccc(OC)c(OC)c1)N1CCC(C)C(n2ccnc2)C1. The van der Waals surface area contributed by atoms with Gasteiger partial charge in [-0.1, -0.05) is 26.8 Å². The number of hydrogen-bond donors (Lipinski definition) is 1. The molecule has 0 bridgehead atoms. The van der Waals surface area contributed by atoms with Crippen LogP contribution in [0.4, 0.5) is 0 Å². The third-order valence-electron chi connectivity index (χ3n) is 6.25. The van der Waals surface area contributed by atoms with Crippen molar-refractivity contribution in [3.8, 4) is 11.5 Å². The topological polar surface area (TPSA) is 63.9 Å². The molecule has 1 aliphatic heterocycles. The average molecular weight is 428 g/mol. The minimum absolute atomic E-state index is 0.146. The maximum atomic E-state index is 5.50. The molecule has 170 valence electrons. The molecule has 7 heteroatoms. The number of imidazole rings is 1. The summed E-state index contributed by atoms with van der Waals surface area (Å²) in [5.41, 5.74) is 1.03. The van der Waals surface area contributed by atoms with E-state index in [1.807, 2.05) is 18.6 Å². The fraction of sp³-hybridized carbons (Fsp3) is 0.583. The zero-order chi connectivity index (χ0) is 22.4. The number of guanidine groups is 1. The van der Waals surface area contributed by atoms with Gasteiger partial charge in [0.15, 0.2) is 17.5 Å². The van der Waals surface area contributed by atoms with Gasteiger partial charge >= 0.3 is 0 Å². The number of benzene rings is 1. The first-order chi connectivity index (χ1) is 14.9. The smallest absolute Gasteiger partial charge is 0.194 e. The predicted molar refractivity (Wildman–Crippen MR) is 125 cm³/mol. The van der Waals surface area contributed by atoms with Crippen LogP contribution in [0.15, 0.2) is 41.9 Å². The Kier molecular flexibility index (Phi) is 7.46. The summed E-state index contributed by atoms with van der Waals surface area (Å²) in [4.78, 5) is 11.7. The Morgan fingerprint density at radius 1 is 1.26 bits per heavy atom. The molecule has 1 fully saturated rings. The van der Waals surface area contributed by atoms with Crippen molar-refractivity contribution in [2.45, 2.75) is 45.6 Å². The molecule has 0 amide bonds. The van der Waals surface area contributed by atoms with Gasteiger partial charge in [0.1, 0.15) is 0 Å². The molecule has 0 aliphatic carbocycles. The van der Waals surface area contributed by atoms with Crippen LogP contribution in [0, 0.1) is 5.92 Å². The van der Waals surface area contributed by atoms with E-state index in [9.17, 15) is 0 Å². The van der Waals surface area contributed by atoms with Crippen molar-refractivity contribution in [2.24, 2.45) is 10.9 Å². The molecule has 1 saturated heterocycles. The highest BCUT2D eigenvalue weighted by atomic mass is 16.5. The summed E-state index contributed by atoms with van der Waals surface area (Å²) in [7, 11) is 3.33. The van der Waals surface area contributed by atoms with Crippen LogP contribution < -0.4 is 14.8 Å². The average Bonchev–Trinajstić information content (AvgIpc) is 3.31. The molecule has 2 atom stereocenters. The summed E-state index contributed by atoms with van der Waals surface area (Å²) in [6.07, 6.45) is 6.98. The molecule has 1 aromatic heterocycles. The molecule has 1 aliphatic rings. The van der Waals surface area contributed by atoms with Crippen LogP contribution in [0.3, 0.4) is 0 Å². The second-order valence-corrected chi connectivity index (χ2v) is 8.91. The van der Waals surface area contributed by atoms with Gasteiger partial charge in [-0.3, -0.25) is 4.99 Å². The summed E-state index contributed by atoms with van der Waals surface area (Å²) < 4.78 is 13.1. The third kappa shape index (κ3) is 5.32. The Balaban J connectivity index is 1.78. The molecule has 1 aromatic carbocycles. The highest BCUT2D eigenvalue weighted by Crippen LogP contribution is 2.33. The van der Waals surface area contributed by atoms with Gasteiger partial charge in [-0.25, -0.2) is 4.98 Å². The molecule has 0 saturated carbocycles. The second kappa shape index (κ2) is 10.1. The highest BCUT2D eigenvalue weighted by molar-refractivity contribution is 5.80. The van der Waals surface area contributed by atoms with E-state index in [-0.39, 0.29) is 5.41 Å². The van der Waals surface area contributed by atoms with E-state index in [1.165, 1.54) is 5.56 Å². The molecular weight excluding hydrogens is 390 g/mol. The Bertz CT molecular complexity index is 863. The molecule has 2 unspecified atom stereocenters. The Labute approximate surface area is 186 Å². The van der Waals surface area contributed by atoms with Gasteiger partial charge in [0, 0.05) is 37.4 Å². The van der Waals surface area contributed by atoms with Gasteiger partial charge in [0.2, 0.25) is 0 Å². The zero-order valence-electron chi connectivity index (χ0n) is 19.8. The van der Waals surface area contributed by atoms with E-state index >= 15 is 0 Å². The van der Waals surface area contributed by atoms with Crippen molar-refractivity contribution in [1.82, 2.24) is 19.8 Å². The predicted octanol–water partition coefficient (Wildman–Crippen LogP) is 3.73. The molecule has 0 radical (unpaired) electrons. The monoisotopic (exact) mass is 427 g/mol. The van der Waals surface area contributed by atoms with Crippen molar-refractivity contribution < 1.29 is 9.47 Å². The second-order valence-electron chi connectivity index (χ2n) is 8.91. The van der Waals surface area contributed by atoms with Crippen LogP contribution in [0.1, 0.15) is 45.7 Å². The lowest BCUT2D eigenvalue weighted by atomic mass is 9.84. The number of aliphatic imine (C=N–C) groups is 1. The van der Waals surface area contributed by atoms with Gasteiger partial charge in [-0.15, -0.1) is 0 Å². The fourth-order valence-electron chi connectivity index (χ4n) is 4.14. The van der Waals surface area contributed by atoms with Crippen molar-refractivity contribution in [1.29, 1.82) is 0 Å². The number of aromatic nitrogens is 2. The van der Waals surface area contributed by atoms with Crippen molar-refractivity contribution in [3.63, 3.8) is 0 Å². The van der Waals surface area contributed by atoms with E-state index in [0.717, 1.165) is 43.5 Å². The molecule has 0 spiro atoms. The molecule has 7 nitrogen and oxygen atoms in total. The molecule has 31 heavy (non-hydrogen) atoms. The number of methoxy groups -OCH3 is 2. The zero-order valence-corrected chi connectivity index (χ0v) is 19.8. The first-order valence-electron chi connectivity index (χ1n) is 11.1. The van der Waals surface area contributed by atoms with Crippen LogP contribution in [0.5, 0.6) is 11.5 Å². The largest absolute Gasteiger partial charge is 0.493 e. The molecule has 2 aromatic rings. The number of piperidine rings is 1. The van der Waals surface area contributed by atoms with Crippen LogP contribution in [0.2, 0.25) is 0 Å². The molecule has 3 rings (SSSR count). The minimum Gasteiger partial charge on any atom is -0.493 e. The summed E-state index contributed by atoms with van der Waals surface area (Å²) in [5, 5.41) is 3.50. The number of nitrogens with one attached hydrogen (secondary N) is 1. The quantitative estimate of drug-likeness (QED) is 0.539. The van der Waals surface area contributed by atoms with Crippen LogP contribution >= 0.6 is 0 Å². The number of hydrogen-bond acceptors (Lipinski definition) is 4. The number of rotatable bonds is 7. The van der Waals surface area contributed by atoms with E-state index in [0.29, 0.717) is 18.5 Å². The number of ether oxygens (including phenoxy) is 2. The highest BCUT2D eigenvalue weighted by Gasteiger charge is 2.29. The maximum Gasteiger partial charge on any atom is 0.194 e. The summed E-state index contributed by atoms with van der Waals surface area (Å²) >= 11 is 0. The van der Waals surface area contributed by atoms with Gasteiger partial charge in [-0.05, 0) is 37.0 Å². The third-order valence-corrected chi connectivity index (χ3v) is 6.25. The van der Waals surface area contributed by atoms with E-state index in [2.05, 4.69) is 65.8 Å². The summed E-state index contributed by atoms with van der Waals surface area (Å²) in [6, 6.07) is 6.52. The van der Waals surface area contributed by atoms with Gasteiger partial charge in [0.25, 0.3) is 0 Å². The van der Waals surface area contributed by atoms with Crippen molar-refractivity contribution >= 4 is 5.96 Å². The van der Waals surface area contributed by atoms with Crippen LogP contribution in [-0.2, 0) is 5.41 Å².